The fraction of sp³-hybridized carbons (Fsp3) is 0.0455. The third-order valence-electron chi connectivity index (χ3n) is 9.29. The Morgan fingerprint density at radius 2 is 0.979 bits per heavy atom. The fourth-order valence-electron chi connectivity index (χ4n) is 6.92. The Kier molecular flexibility index (Phi) is 6.69. The molecule has 2 atom stereocenters. The summed E-state index contributed by atoms with van der Waals surface area (Å²) in [5.41, 5.74) is 13.3. The molecule has 2 heterocycles. The van der Waals surface area contributed by atoms with Crippen LogP contribution < -0.4 is 10.6 Å². The second-order valence-electron chi connectivity index (χ2n) is 12.2. The van der Waals surface area contributed by atoms with E-state index in [9.17, 15) is 0 Å². The van der Waals surface area contributed by atoms with Crippen LogP contribution in [0.15, 0.2) is 174 Å². The monoisotopic (exact) mass is 604 g/mol. The zero-order valence-electron chi connectivity index (χ0n) is 25.7. The van der Waals surface area contributed by atoms with Crippen LogP contribution in [0.4, 0.5) is 11.4 Å². The molecule has 0 spiro atoms. The van der Waals surface area contributed by atoms with Gasteiger partial charge in [-0.05, 0) is 46.0 Å². The van der Waals surface area contributed by atoms with Crippen molar-refractivity contribution in [2.75, 3.05) is 5.32 Å². The zero-order chi connectivity index (χ0) is 31.2. The number of fused-ring (bicyclic) bond motifs is 3. The molecule has 3 heteroatoms. The molecule has 1 aromatic heterocycles. The molecule has 1 saturated heterocycles. The lowest BCUT2D eigenvalue weighted by Gasteiger charge is -2.16. The van der Waals surface area contributed by atoms with Gasteiger partial charge in [-0.15, -0.1) is 0 Å². The summed E-state index contributed by atoms with van der Waals surface area (Å²) in [6.07, 6.45) is 0. The molecule has 0 saturated carbocycles. The van der Waals surface area contributed by atoms with Crippen molar-refractivity contribution < 1.29 is 4.42 Å². The van der Waals surface area contributed by atoms with Crippen LogP contribution in [0.5, 0.6) is 0 Å². The summed E-state index contributed by atoms with van der Waals surface area (Å²) in [5.74, 6) is 0. The summed E-state index contributed by atoms with van der Waals surface area (Å²) in [6, 6.07) is 60.7. The fourth-order valence-corrected chi connectivity index (χ4v) is 6.92. The van der Waals surface area contributed by atoms with Gasteiger partial charge in [-0.25, -0.2) is 0 Å². The lowest BCUT2D eigenvalue weighted by atomic mass is 9.96. The van der Waals surface area contributed by atoms with E-state index < -0.39 is 0 Å². The average molecular weight is 605 g/mol. The molecule has 1 fully saturated rings. The molecule has 0 radical (unpaired) electrons. The number of benzene rings is 7. The van der Waals surface area contributed by atoms with E-state index in [1.165, 1.54) is 16.7 Å². The number of hydrogen-bond donors (Lipinski definition) is 2. The first-order valence-corrected chi connectivity index (χ1v) is 16.2. The molecule has 3 nitrogen and oxygen atoms in total. The molecule has 47 heavy (non-hydrogen) atoms. The first kappa shape index (κ1) is 27.4. The minimum atomic E-state index is 0.311. The van der Waals surface area contributed by atoms with Crippen molar-refractivity contribution in [1.29, 1.82) is 0 Å². The van der Waals surface area contributed by atoms with Crippen molar-refractivity contribution in [3.05, 3.63) is 181 Å². The first-order chi connectivity index (χ1) is 23.3. The molecule has 0 aliphatic carbocycles. The van der Waals surface area contributed by atoms with Crippen molar-refractivity contribution in [3.63, 3.8) is 0 Å². The second-order valence-corrected chi connectivity index (χ2v) is 12.2. The maximum atomic E-state index is 6.76. The van der Waals surface area contributed by atoms with Crippen molar-refractivity contribution in [3.8, 4) is 33.4 Å². The molecule has 1 aliphatic rings. The predicted octanol–water partition coefficient (Wildman–Crippen LogP) is 11.7. The maximum absolute atomic E-state index is 6.76. The van der Waals surface area contributed by atoms with E-state index in [4.69, 9.17) is 4.42 Å². The summed E-state index contributed by atoms with van der Waals surface area (Å²) >= 11 is 0. The van der Waals surface area contributed by atoms with Crippen molar-refractivity contribution in [2.24, 2.45) is 0 Å². The van der Waals surface area contributed by atoms with Crippen molar-refractivity contribution >= 4 is 33.3 Å². The molecular weight excluding hydrogens is 572 g/mol. The van der Waals surface area contributed by atoms with E-state index in [-0.39, 0.29) is 0 Å². The summed E-state index contributed by atoms with van der Waals surface area (Å²) in [7, 11) is 0. The Balaban J connectivity index is 1.13. The molecule has 8 aromatic rings. The highest BCUT2D eigenvalue weighted by Crippen LogP contribution is 2.44. The Morgan fingerprint density at radius 3 is 1.66 bits per heavy atom. The summed E-state index contributed by atoms with van der Waals surface area (Å²) in [4.78, 5) is 0. The third-order valence-corrected chi connectivity index (χ3v) is 9.29. The average Bonchev–Trinajstić information content (AvgIpc) is 3.86. The van der Waals surface area contributed by atoms with Gasteiger partial charge in [0.15, 0.2) is 0 Å². The number of nitrogens with one attached hydrogen (secondary N) is 2. The second kappa shape index (κ2) is 11.5. The van der Waals surface area contributed by atoms with E-state index in [1.807, 2.05) is 6.07 Å². The molecule has 9 rings (SSSR count). The molecule has 7 aromatic carbocycles. The lowest BCUT2D eigenvalue weighted by molar-refractivity contribution is 0.671. The smallest absolute Gasteiger partial charge is 0.143 e. The minimum Gasteiger partial charge on any atom is -0.455 e. The van der Waals surface area contributed by atoms with Gasteiger partial charge in [0.25, 0.3) is 0 Å². The molecular formula is C44H32N2O. The third kappa shape index (κ3) is 5.07. The zero-order valence-corrected chi connectivity index (χ0v) is 25.7. The van der Waals surface area contributed by atoms with Crippen LogP contribution >= 0.6 is 0 Å². The summed E-state index contributed by atoms with van der Waals surface area (Å²) < 4.78 is 6.76. The minimum absolute atomic E-state index is 0.311. The highest BCUT2D eigenvalue weighted by atomic mass is 16.3. The Hall–Kier alpha value is -5.90. The van der Waals surface area contributed by atoms with E-state index in [1.54, 1.807) is 0 Å². The number of furan rings is 1. The molecule has 2 N–H and O–H groups in total. The highest BCUT2D eigenvalue weighted by molar-refractivity contribution is 6.13. The van der Waals surface area contributed by atoms with E-state index in [2.05, 4.69) is 174 Å². The van der Waals surface area contributed by atoms with Gasteiger partial charge in [0.2, 0.25) is 0 Å². The predicted molar refractivity (Wildman–Crippen MR) is 195 cm³/mol. The number of anilines is 2. The normalized spacial score (nSPS) is 15.6. The Labute approximate surface area is 274 Å². The van der Waals surface area contributed by atoms with E-state index in [0.29, 0.717) is 12.1 Å². The van der Waals surface area contributed by atoms with Crippen LogP contribution in [0.3, 0.4) is 0 Å². The topological polar surface area (TPSA) is 47.1 Å². The largest absolute Gasteiger partial charge is 0.455 e. The van der Waals surface area contributed by atoms with Crippen LogP contribution in [-0.2, 0) is 0 Å². The number of para-hydroxylation sites is 2. The van der Waals surface area contributed by atoms with Crippen LogP contribution in [-0.4, -0.2) is 0 Å². The molecule has 1 aliphatic heterocycles. The van der Waals surface area contributed by atoms with Gasteiger partial charge in [-0.1, -0.05) is 152 Å². The van der Waals surface area contributed by atoms with Gasteiger partial charge >= 0.3 is 0 Å². The van der Waals surface area contributed by atoms with Gasteiger partial charge in [-0.2, -0.15) is 0 Å². The molecule has 224 valence electrons. The van der Waals surface area contributed by atoms with Crippen LogP contribution in [0.2, 0.25) is 0 Å². The van der Waals surface area contributed by atoms with Crippen LogP contribution in [0.25, 0.3) is 55.3 Å². The van der Waals surface area contributed by atoms with Crippen molar-refractivity contribution in [1.82, 2.24) is 5.32 Å². The Bertz CT molecular complexity index is 2360. The first-order valence-electron chi connectivity index (χ1n) is 16.2. The van der Waals surface area contributed by atoms with E-state index >= 15 is 0 Å². The van der Waals surface area contributed by atoms with Gasteiger partial charge in [0.05, 0.1) is 12.1 Å². The summed E-state index contributed by atoms with van der Waals surface area (Å²) in [5, 5.41) is 9.72. The standard InChI is InChI=1S/C44H32N2O/c1-4-13-29(14-5-1)35-26-25-32(28-40(35)45-34-20-10-19-33(27-34)42-41(46-42)31-17-8-3-9-18-31)37-22-12-24-39-38-23-11-21-36(43(38)47-44(37)39)30-15-6-2-7-16-30/h1-28,41-42,45-46H/t41-,42?/m0/s1. The SMILES string of the molecule is c1ccc(-c2ccc(-c3cccc4c3oc3c(-c5ccccc5)cccc34)cc2Nc2cccc(C3N[C@H]3c3ccccc3)c2)cc1. The molecule has 1 unspecified atom stereocenters. The number of rotatable bonds is 7. The quantitative estimate of drug-likeness (QED) is 0.178. The summed E-state index contributed by atoms with van der Waals surface area (Å²) in [6.45, 7) is 0. The highest BCUT2D eigenvalue weighted by Gasteiger charge is 2.38. The maximum Gasteiger partial charge on any atom is 0.143 e. The van der Waals surface area contributed by atoms with Crippen molar-refractivity contribution in [2.45, 2.75) is 12.1 Å². The Morgan fingerprint density at radius 1 is 0.426 bits per heavy atom. The van der Waals surface area contributed by atoms with E-state index in [0.717, 1.165) is 61.1 Å². The van der Waals surface area contributed by atoms with Gasteiger partial charge in [-0.3, -0.25) is 5.32 Å². The molecule has 0 bridgehead atoms. The van der Waals surface area contributed by atoms with Crippen LogP contribution in [0, 0.1) is 0 Å². The van der Waals surface area contributed by atoms with Gasteiger partial charge in [0.1, 0.15) is 11.2 Å². The molecule has 0 amide bonds. The van der Waals surface area contributed by atoms with Gasteiger partial charge in [0, 0.05) is 38.8 Å². The number of hydrogen-bond acceptors (Lipinski definition) is 3. The van der Waals surface area contributed by atoms with Gasteiger partial charge < -0.3 is 9.73 Å². The lowest BCUT2D eigenvalue weighted by Crippen LogP contribution is -1.96. The van der Waals surface area contributed by atoms with Crippen LogP contribution in [0.1, 0.15) is 23.2 Å².